The maximum atomic E-state index is 14.4. The number of phenols is 1. The van der Waals surface area contributed by atoms with Gasteiger partial charge in [-0.1, -0.05) is 88.5 Å². The molecule has 0 fully saturated rings. The molecule has 0 aliphatic heterocycles. The Balaban J connectivity index is 0.000000277. The number of ether oxygens (including phenoxy) is 3. The number of rotatable bonds is 25. The van der Waals surface area contributed by atoms with Gasteiger partial charge in [-0.2, -0.15) is 10.5 Å². The molecule has 6 aromatic carbocycles. The van der Waals surface area contributed by atoms with Gasteiger partial charge in [0.1, 0.15) is 57.9 Å². The largest absolute Gasteiger partial charge is 0.508 e. The number of phenolic OH excluding ortho intramolecular Hbond substituents is 1. The van der Waals surface area contributed by atoms with Crippen LogP contribution in [-0.2, 0) is 19.2 Å². The molecule has 0 saturated carbocycles. The predicted octanol–water partition coefficient (Wildman–Crippen LogP) is 15.2. The smallest absolute Gasteiger partial charge is 0.311 e. The van der Waals surface area contributed by atoms with Crippen molar-refractivity contribution in [1.29, 1.82) is 10.5 Å². The molecule has 404 valence electrons. The van der Waals surface area contributed by atoms with Crippen molar-refractivity contribution in [2.24, 2.45) is 0 Å². The van der Waals surface area contributed by atoms with E-state index in [9.17, 15) is 45.5 Å². The second kappa shape index (κ2) is 33.5. The molecule has 0 saturated heterocycles. The molecule has 0 amide bonds. The van der Waals surface area contributed by atoms with E-state index in [4.69, 9.17) is 34.9 Å². The van der Waals surface area contributed by atoms with Crippen molar-refractivity contribution in [2.75, 3.05) is 0 Å². The number of carbonyl (C=O) groups is 4. The molecule has 0 aromatic heterocycles. The topological polar surface area (TPSA) is 184 Å². The minimum Gasteiger partial charge on any atom is -0.508 e. The van der Waals surface area contributed by atoms with Crippen LogP contribution in [0.5, 0.6) is 23.0 Å². The number of halogens is 6. The Hall–Kier alpha value is -8.44. The molecule has 0 bridgehead atoms. The molecule has 6 aromatic rings. The third-order valence-corrected chi connectivity index (χ3v) is 11.5. The molecule has 0 unspecified atom stereocenters. The molecular formula is C60H58F6N2O9. The number of aliphatic carboxylic acids is 1. The SMILES string of the molecule is N#Cc1ccc(OC(=O)CCCCCCCCCC(=O)O)cc1.N#Cc1ccc(OC(=O)CCCCCCCCCC(=O)Oc2cc(F)c(-c3ccc(F)cc3)c(F)c2)cc1.Oc1cc(F)c(-c2ccc(F)cc2)c(F)c1. The number of carbonyl (C=O) groups excluding carboxylic acids is 3. The lowest BCUT2D eigenvalue weighted by Gasteiger charge is -2.09. The maximum absolute atomic E-state index is 14.4. The third-order valence-electron chi connectivity index (χ3n) is 11.5. The van der Waals surface area contributed by atoms with Crippen molar-refractivity contribution >= 4 is 23.9 Å². The van der Waals surface area contributed by atoms with E-state index in [1.165, 1.54) is 24.3 Å². The number of nitrogens with zero attached hydrogens (tertiary/aromatic N) is 2. The first-order valence-electron chi connectivity index (χ1n) is 25.1. The van der Waals surface area contributed by atoms with Gasteiger partial charge < -0.3 is 24.4 Å². The zero-order chi connectivity index (χ0) is 56.0. The molecule has 0 aliphatic rings. The highest BCUT2D eigenvalue weighted by molar-refractivity contribution is 5.74. The lowest BCUT2D eigenvalue weighted by atomic mass is 10.0. The summed E-state index contributed by atoms with van der Waals surface area (Å²) in [6, 6.07) is 29.9. The summed E-state index contributed by atoms with van der Waals surface area (Å²) in [5.41, 5.74) is 0.847. The Bertz CT molecular complexity index is 2880. The average molecular weight is 1070 g/mol. The van der Waals surface area contributed by atoms with Crippen molar-refractivity contribution in [2.45, 2.75) is 116 Å². The first kappa shape index (κ1) is 61.1. The van der Waals surface area contributed by atoms with Gasteiger partial charge in [0.15, 0.2) is 0 Å². The van der Waals surface area contributed by atoms with Gasteiger partial charge in [-0.15, -0.1) is 0 Å². The number of hydrogen-bond acceptors (Lipinski definition) is 10. The number of carboxylic acids is 1. The Labute approximate surface area is 443 Å². The first-order chi connectivity index (χ1) is 37.0. The fraction of sp³-hybridized carbons (Fsp3) is 0.300. The fourth-order valence-corrected chi connectivity index (χ4v) is 7.55. The highest BCUT2D eigenvalue weighted by Crippen LogP contribution is 2.31. The second-order valence-electron chi connectivity index (χ2n) is 17.6. The Morgan fingerprint density at radius 3 is 0.987 bits per heavy atom. The zero-order valence-corrected chi connectivity index (χ0v) is 42.2. The Kier molecular flexibility index (Phi) is 26.6. The summed E-state index contributed by atoms with van der Waals surface area (Å²) in [4.78, 5) is 45.9. The normalized spacial score (nSPS) is 10.4. The zero-order valence-electron chi connectivity index (χ0n) is 42.2. The molecule has 0 spiro atoms. The van der Waals surface area contributed by atoms with E-state index in [0.29, 0.717) is 48.3 Å². The summed E-state index contributed by atoms with van der Waals surface area (Å²) in [6.45, 7) is 0. The van der Waals surface area contributed by atoms with Crippen molar-refractivity contribution < 1.29 is 69.9 Å². The van der Waals surface area contributed by atoms with Crippen LogP contribution in [0, 0.1) is 57.6 Å². The van der Waals surface area contributed by atoms with Crippen LogP contribution in [0.4, 0.5) is 26.3 Å². The summed E-state index contributed by atoms with van der Waals surface area (Å²) in [5, 5.41) is 34.9. The summed E-state index contributed by atoms with van der Waals surface area (Å²) in [6.07, 6.45) is 13.5. The van der Waals surface area contributed by atoms with E-state index in [0.717, 1.165) is 126 Å². The van der Waals surface area contributed by atoms with E-state index >= 15 is 0 Å². The van der Waals surface area contributed by atoms with Gasteiger partial charge in [0, 0.05) is 49.9 Å². The van der Waals surface area contributed by atoms with Crippen molar-refractivity contribution in [3.63, 3.8) is 0 Å². The van der Waals surface area contributed by atoms with Crippen LogP contribution in [0.1, 0.15) is 127 Å². The van der Waals surface area contributed by atoms with Gasteiger partial charge >= 0.3 is 23.9 Å². The minimum absolute atomic E-state index is 0.129. The van der Waals surface area contributed by atoms with E-state index in [2.05, 4.69) is 0 Å². The lowest BCUT2D eigenvalue weighted by Crippen LogP contribution is -2.08. The van der Waals surface area contributed by atoms with Crippen LogP contribution in [-0.4, -0.2) is 34.1 Å². The summed E-state index contributed by atoms with van der Waals surface area (Å²) >= 11 is 0. The van der Waals surface area contributed by atoms with Gasteiger partial charge in [0.2, 0.25) is 0 Å². The van der Waals surface area contributed by atoms with Gasteiger partial charge in [0.25, 0.3) is 0 Å². The van der Waals surface area contributed by atoms with Crippen molar-refractivity contribution in [1.82, 2.24) is 0 Å². The minimum atomic E-state index is -0.901. The van der Waals surface area contributed by atoms with Gasteiger partial charge in [0.05, 0.1) is 34.4 Å². The standard InChI is InChI=1S/C30H28F3NO4.C18H23NO4.C12H7F3O/c31-23-14-12-22(13-15-23)30-26(32)18-25(19-27(30)33)38-29(36)9-7-5-3-1-2-4-6-8-28(35)37-24-16-10-21(20-34)11-17-24;19-14-15-10-12-16(13-11-15)23-18(22)9-7-5-3-1-2-4-6-8-17(20)21;13-8-3-1-7(2-4-8)12-10(14)5-9(16)6-11(12)15/h10-19H,1-9H2;10-13H,1-9H2,(H,20,21);1-6,16H. The molecule has 17 heteroatoms. The summed E-state index contributed by atoms with van der Waals surface area (Å²) < 4.78 is 96.9. The first-order valence-corrected chi connectivity index (χ1v) is 25.1. The van der Waals surface area contributed by atoms with Crippen molar-refractivity contribution in [3.8, 4) is 57.4 Å². The van der Waals surface area contributed by atoms with Crippen LogP contribution in [0.15, 0.2) is 121 Å². The monoisotopic (exact) mass is 1060 g/mol. The predicted molar refractivity (Wildman–Crippen MR) is 275 cm³/mol. The highest BCUT2D eigenvalue weighted by Gasteiger charge is 2.17. The van der Waals surface area contributed by atoms with Crippen molar-refractivity contribution in [3.05, 3.63) is 167 Å². The maximum Gasteiger partial charge on any atom is 0.311 e. The molecule has 2 N–H and O–H groups in total. The fourth-order valence-electron chi connectivity index (χ4n) is 7.55. The number of unbranched alkanes of at least 4 members (excludes halogenated alkanes) is 12. The van der Waals surface area contributed by atoms with E-state index < -0.39 is 52.6 Å². The van der Waals surface area contributed by atoms with Gasteiger partial charge in [-0.25, -0.2) is 26.3 Å². The van der Waals surface area contributed by atoms with Crippen LogP contribution in [0.25, 0.3) is 22.3 Å². The van der Waals surface area contributed by atoms with Gasteiger partial charge in [-0.3, -0.25) is 19.2 Å². The number of esters is 3. The van der Waals surface area contributed by atoms with E-state index in [1.54, 1.807) is 48.5 Å². The molecule has 0 aliphatic carbocycles. The Morgan fingerprint density at radius 2 is 0.675 bits per heavy atom. The number of hydrogen-bond donors (Lipinski definition) is 2. The average Bonchev–Trinajstić information content (AvgIpc) is 3.39. The molecule has 11 nitrogen and oxygen atoms in total. The molecule has 0 atom stereocenters. The number of aromatic hydroxyl groups is 1. The number of carboxylic acid groups (broad SMARTS) is 1. The number of benzene rings is 6. The second-order valence-corrected chi connectivity index (χ2v) is 17.6. The van der Waals surface area contributed by atoms with Crippen LogP contribution >= 0.6 is 0 Å². The molecule has 0 radical (unpaired) electrons. The Morgan fingerprint density at radius 1 is 0.390 bits per heavy atom. The molecule has 77 heavy (non-hydrogen) atoms. The quantitative estimate of drug-likeness (QED) is 0.0241. The molecule has 0 heterocycles. The van der Waals surface area contributed by atoms with E-state index in [-0.39, 0.29) is 52.8 Å². The van der Waals surface area contributed by atoms with Crippen LogP contribution in [0.2, 0.25) is 0 Å². The third kappa shape index (κ3) is 23.3. The van der Waals surface area contributed by atoms with Gasteiger partial charge in [-0.05, 0) is 110 Å². The summed E-state index contributed by atoms with van der Waals surface area (Å²) in [5.74, 6) is -6.25. The van der Waals surface area contributed by atoms with E-state index in [1.807, 2.05) is 12.1 Å². The molecule has 6 rings (SSSR count). The molecular weight excluding hydrogens is 1010 g/mol. The lowest BCUT2D eigenvalue weighted by molar-refractivity contribution is -0.137. The van der Waals surface area contributed by atoms with Crippen LogP contribution < -0.4 is 14.2 Å². The summed E-state index contributed by atoms with van der Waals surface area (Å²) in [7, 11) is 0. The highest BCUT2D eigenvalue weighted by atomic mass is 19.2. The number of nitriles is 2. The van der Waals surface area contributed by atoms with Crippen LogP contribution in [0.3, 0.4) is 0 Å².